The van der Waals surface area contributed by atoms with E-state index < -0.39 is 0 Å². The number of nitrogens with one attached hydrogen (secondary N) is 1. The molecule has 2 aromatic carbocycles. The van der Waals surface area contributed by atoms with Crippen LogP contribution in [0.25, 0.3) is 17.2 Å². The highest BCUT2D eigenvalue weighted by Crippen LogP contribution is 2.26. The molecule has 2 aromatic heterocycles. The third kappa shape index (κ3) is 4.62. The minimum atomic E-state index is -0.133. The number of aryl methyl sites for hydroxylation is 2. The van der Waals surface area contributed by atoms with E-state index in [9.17, 15) is 4.79 Å². The van der Waals surface area contributed by atoms with Crippen LogP contribution >= 0.6 is 11.6 Å². The summed E-state index contributed by atoms with van der Waals surface area (Å²) in [4.78, 5) is 22.0. The molecule has 0 aliphatic carbocycles. The van der Waals surface area contributed by atoms with E-state index in [-0.39, 0.29) is 17.7 Å². The van der Waals surface area contributed by atoms with E-state index in [1.807, 2.05) is 45.0 Å². The van der Waals surface area contributed by atoms with Gasteiger partial charge in [-0.2, -0.15) is 4.98 Å². The van der Waals surface area contributed by atoms with Gasteiger partial charge in [-0.15, -0.1) is 5.10 Å². The van der Waals surface area contributed by atoms with Crippen LogP contribution in [0, 0.1) is 20.8 Å². The zero-order chi connectivity index (χ0) is 23.9. The van der Waals surface area contributed by atoms with Crippen molar-refractivity contribution in [3.8, 4) is 11.4 Å². The number of nitrogens with zero attached hydrogens (tertiary/aromatic N) is 4. The summed E-state index contributed by atoms with van der Waals surface area (Å²) in [6.07, 6.45) is 0.183. The number of rotatable bonds is 4. The quantitative estimate of drug-likeness (QED) is 0.413. The van der Waals surface area contributed by atoms with E-state index in [4.69, 9.17) is 11.6 Å². The molecular weight excluding hydrogens is 434 g/mol. The lowest BCUT2D eigenvalue weighted by Crippen LogP contribution is -2.18. The van der Waals surface area contributed by atoms with Crippen molar-refractivity contribution in [2.75, 3.05) is 5.32 Å². The van der Waals surface area contributed by atoms with Crippen molar-refractivity contribution in [1.29, 1.82) is 0 Å². The van der Waals surface area contributed by atoms with Crippen LogP contribution < -0.4 is 5.32 Å². The molecule has 0 fully saturated rings. The second kappa shape index (κ2) is 8.60. The van der Waals surface area contributed by atoms with E-state index in [1.54, 1.807) is 10.6 Å². The number of aromatic nitrogens is 4. The Balaban J connectivity index is 1.63. The minimum absolute atomic E-state index is 0.0826. The summed E-state index contributed by atoms with van der Waals surface area (Å²) in [7, 11) is 0. The van der Waals surface area contributed by atoms with Crippen LogP contribution in [0.5, 0.6) is 0 Å². The molecule has 0 aliphatic rings. The molecule has 0 spiro atoms. The van der Waals surface area contributed by atoms with Gasteiger partial charge >= 0.3 is 0 Å². The van der Waals surface area contributed by atoms with E-state index in [2.05, 4.69) is 53.3 Å². The van der Waals surface area contributed by atoms with Crippen LogP contribution in [0.4, 0.5) is 5.69 Å². The Labute approximate surface area is 199 Å². The molecule has 0 radical (unpaired) electrons. The first-order valence-electron chi connectivity index (χ1n) is 10.9. The monoisotopic (exact) mass is 461 g/mol. The summed E-state index contributed by atoms with van der Waals surface area (Å²) in [5.41, 5.74) is 6.26. The number of carbonyl (C=O) groups excluding carboxylic acids is 1. The van der Waals surface area contributed by atoms with Crippen molar-refractivity contribution < 1.29 is 4.79 Å². The van der Waals surface area contributed by atoms with Crippen LogP contribution in [-0.2, 0) is 16.6 Å². The van der Waals surface area contributed by atoms with Crippen molar-refractivity contribution in [3.05, 3.63) is 75.6 Å². The number of halogens is 1. The molecule has 0 atom stereocenters. The van der Waals surface area contributed by atoms with E-state index >= 15 is 0 Å². The highest BCUT2D eigenvalue weighted by atomic mass is 35.5. The van der Waals surface area contributed by atoms with Gasteiger partial charge in [-0.05, 0) is 49.4 Å². The summed E-state index contributed by atoms with van der Waals surface area (Å²) in [5.74, 6) is 1.00. The Morgan fingerprint density at radius 3 is 2.39 bits per heavy atom. The fourth-order valence-corrected chi connectivity index (χ4v) is 3.98. The van der Waals surface area contributed by atoms with Crippen molar-refractivity contribution in [3.63, 3.8) is 0 Å². The molecule has 2 heterocycles. The minimum Gasteiger partial charge on any atom is -0.326 e. The van der Waals surface area contributed by atoms with Gasteiger partial charge in [0.25, 0.3) is 5.78 Å². The van der Waals surface area contributed by atoms with Gasteiger partial charge in [0.2, 0.25) is 5.91 Å². The van der Waals surface area contributed by atoms with E-state index in [1.165, 1.54) is 5.56 Å². The Hall–Kier alpha value is -3.25. The first-order chi connectivity index (χ1) is 15.5. The Kier molecular flexibility index (Phi) is 5.97. The Morgan fingerprint density at radius 1 is 1.03 bits per heavy atom. The first kappa shape index (κ1) is 22.9. The molecule has 0 saturated carbocycles. The normalized spacial score (nSPS) is 11.7. The Morgan fingerprint density at radius 2 is 1.73 bits per heavy atom. The molecule has 0 aliphatic heterocycles. The fraction of sp³-hybridized carbons (Fsp3) is 0.308. The van der Waals surface area contributed by atoms with Crippen LogP contribution in [-0.4, -0.2) is 25.5 Å². The highest BCUT2D eigenvalue weighted by molar-refractivity contribution is 6.31. The average molecular weight is 462 g/mol. The summed E-state index contributed by atoms with van der Waals surface area (Å²) in [5, 5.41) is 8.26. The third-order valence-electron chi connectivity index (χ3n) is 5.94. The molecule has 1 amide bonds. The predicted octanol–water partition coefficient (Wildman–Crippen LogP) is 5.85. The van der Waals surface area contributed by atoms with Crippen LogP contribution in [0.2, 0.25) is 5.02 Å². The zero-order valence-corrected chi connectivity index (χ0v) is 20.6. The molecule has 4 rings (SSSR count). The number of hydrogen-bond donors (Lipinski definition) is 1. The van der Waals surface area contributed by atoms with Crippen LogP contribution in [0.3, 0.4) is 0 Å². The molecule has 7 heteroatoms. The topological polar surface area (TPSA) is 72.2 Å². The molecule has 4 aromatic rings. The van der Waals surface area contributed by atoms with Gasteiger partial charge in [-0.25, -0.2) is 9.50 Å². The molecular formula is C26H28ClN5O. The molecule has 0 unspecified atom stereocenters. The van der Waals surface area contributed by atoms with Gasteiger partial charge in [0.1, 0.15) is 0 Å². The molecule has 6 nitrogen and oxygen atoms in total. The maximum absolute atomic E-state index is 12.8. The van der Waals surface area contributed by atoms with Gasteiger partial charge in [0.15, 0.2) is 5.82 Å². The summed E-state index contributed by atoms with van der Waals surface area (Å²) < 4.78 is 1.72. The number of anilines is 1. The van der Waals surface area contributed by atoms with Crippen LogP contribution in [0.15, 0.2) is 42.5 Å². The van der Waals surface area contributed by atoms with Gasteiger partial charge in [-0.3, -0.25) is 4.79 Å². The van der Waals surface area contributed by atoms with Crippen molar-refractivity contribution >= 4 is 29.0 Å². The number of carbonyl (C=O) groups is 1. The second-order valence-electron chi connectivity index (χ2n) is 9.37. The third-order valence-corrected chi connectivity index (χ3v) is 6.35. The predicted molar refractivity (Wildman–Crippen MR) is 133 cm³/mol. The number of amides is 1. The van der Waals surface area contributed by atoms with E-state index in [0.717, 1.165) is 28.1 Å². The van der Waals surface area contributed by atoms with Crippen molar-refractivity contribution in [2.45, 2.75) is 53.4 Å². The fourth-order valence-electron chi connectivity index (χ4n) is 3.80. The smallest absolute Gasteiger partial charge is 0.253 e. The SMILES string of the molecule is Cc1nc2nc(-c3ccc(C(C)(C)C)cc3)nn2c(C)c1CC(=O)Nc1cccc(Cl)c1C. The zero-order valence-electron chi connectivity index (χ0n) is 19.8. The lowest BCUT2D eigenvalue weighted by Gasteiger charge is -2.18. The lowest BCUT2D eigenvalue weighted by atomic mass is 9.87. The number of benzene rings is 2. The van der Waals surface area contributed by atoms with Gasteiger partial charge < -0.3 is 5.32 Å². The highest BCUT2D eigenvalue weighted by Gasteiger charge is 2.18. The summed E-state index contributed by atoms with van der Waals surface area (Å²) in [6.45, 7) is 12.3. The standard InChI is InChI=1S/C26H28ClN5O/c1-15-21(27)8-7-9-22(15)29-23(33)14-20-16(2)28-25-30-24(31-32(25)17(20)3)18-10-12-19(13-11-18)26(4,5)6/h7-13H,14H2,1-6H3,(H,29,33). The molecule has 33 heavy (non-hydrogen) atoms. The maximum Gasteiger partial charge on any atom is 0.253 e. The molecule has 0 bridgehead atoms. The molecule has 1 N–H and O–H groups in total. The average Bonchev–Trinajstić information content (AvgIpc) is 3.18. The van der Waals surface area contributed by atoms with Crippen molar-refractivity contribution in [2.24, 2.45) is 0 Å². The summed E-state index contributed by atoms with van der Waals surface area (Å²) >= 11 is 6.18. The van der Waals surface area contributed by atoms with Gasteiger partial charge in [-0.1, -0.05) is 62.7 Å². The summed E-state index contributed by atoms with van der Waals surface area (Å²) in [6, 6.07) is 13.8. The van der Waals surface area contributed by atoms with Crippen molar-refractivity contribution in [1.82, 2.24) is 19.6 Å². The molecule has 170 valence electrons. The first-order valence-corrected chi connectivity index (χ1v) is 11.3. The Bertz CT molecular complexity index is 1350. The van der Waals surface area contributed by atoms with Crippen LogP contribution in [0.1, 0.15) is 48.8 Å². The lowest BCUT2D eigenvalue weighted by molar-refractivity contribution is -0.115. The largest absolute Gasteiger partial charge is 0.326 e. The molecule has 0 saturated heterocycles. The van der Waals surface area contributed by atoms with E-state index in [0.29, 0.717) is 22.3 Å². The second-order valence-corrected chi connectivity index (χ2v) is 9.78. The number of hydrogen-bond acceptors (Lipinski definition) is 4. The number of fused-ring (bicyclic) bond motifs is 1. The van der Waals surface area contributed by atoms with Gasteiger partial charge in [0.05, 0.1) is 6.42 Å². The van der Waals surface area contributed by atoms with Gasteiger partial charge in [0, 0.05) is 33.2 Å². The maximum atomic E-state index is 12.8.